The molecule has 0 saturated heterocycles. The summed E-state index contributed by atoms with van der Waals surface area (Å²) < 4.78 is 13.3. The molecule has 0 unspecified atom stereocenters. The maximum atomic E-state index is 13.3. The molecule has 1 aromatic heterocycles. The van der Waals surface area contributed by atoms with E-state index in [9.17, 15) is 4.39 Å². The number of hydrogen-bond donors (Lipinski definition) is 2. The lowest BCUT2D eigenvalue weighted by Gasteiger charge is -2.10. The Morgan fingerprint density at radius 2 is 2.11 bits per heavy atom. The summed E-state index contributed by atoms with van der Waals surface area (Å²) in [6.45, 7) is 1.87. The normalized spacial score (nSPS) is 10.2. The maximum absolute atomic E-state index is 13.3. The van der Waals surface area contributed by atoms with Crippen molar-refractivity contribution < 1.29 is 4.39 Å². The van der Waals surface area contributed by atoms with Gasteiger partial charge in [0.2, 0.25) is 5.95 Å². The monoisotopic (exact) mass is 266 g/mol. The molecule has 2 rings (SSSR count). The number of aryl methyl sites for hydroxylation is 1. The van der Waals surface area contributed by atoms with E-state index in [4.69, 9.17) is 11.6 Å². The molecule has 0 radical (unpaired) electrons. The number of nitrogens with one attached hydrogen (secondary N) is 2. The van der Waals surface area contributed by atoms with E-state index in [0.29, 0.717) is 17.5 Å². The molecule has 18 heavy (non-hydrogen) atoms. The number of nitrogens with zero attached hydrogens (tertiary/aromatic N) is 2. The van der Waals surface area contributed by atoms with Crippen molar-refractivity contribution in [2.75, 3.05) is 17.7 Å². The van der Waals surface area contributed by atoms with Crippen LogP contribution in [0.5, 0.6) is 0 Å². The number of benzene rings is 1. The van der Waals surface area contributed by atoms with E-state index >= 15 is 0 Å². The minimum absolute atomic E-state index is 0.0934. The van der Waals surface area contributed by atoms with Gasteiger partial charge >= 0.3 is 0 Å². The van der Waals surface area contributed by atoms with Gasteiger partial charge in [-0.05, 0) is 25.1 Å². The topological polar surface area (TPSA) is 49.8 Å². The molecular formula is C12H12ClFN4. The average Bonchev–Trinajstić information content (AvgIpc) is 2.36. The van der Waals surface area contributed by atoms with Crippen LogP contribution >= 0.6 is 11.6 Å². The Labute approximate surface area is 109 Å². The summed E-state index contributed by atoms with van der Waals surface area (Å²) in [5.74, 6) is 0.649. The summed E-state index contributed by atoms with van der Waals surface area (Å²) in [6, 6.07) is 4.50. The van der Waals surface area contributed by atoms with Gasteiger partial charge in [-0.1, -0.05) is 11.6 Å². The molecule has 0 aliphatic carbocycles. The van der Waals surface area contributed by atoms with Crippen LogP contribution in [0.1, 0.15) is 5.56 Å². The van der Waals surface area contributed by atoms with Crippen LogP contribution in [0.3, 0.4) is 0 Å². The second kappa shape index (κ2) is 5.18. The summed E-state index contributed by atoms with van der Waals surface area (Å²) >= 11 is 5.62. The highest BCUT2D eigenvalue weighted by Gasteiger charge is 2.05. The first kappa shape index (κ1) is 12.6. The van der Waals surface area contributed by atoms with Crippen molar-refractivity contribution >= 4 is 29.1 Å². The van der Waals surface area contributed by atoms with Crippen LogP contribution in [0.4, 0.5) is 21.8 Å². The van der Waals surface area contributed by atoms with Crippen LogP contribution in [-0.2, 0) is 0 Å². The Morgan fingerprint density at radius 3 is 2.78 bits per heavy atom. The molecule has 0 atom stereocenters. The zero-order valence-electron chi connectivity index (χ0n) is 9.96. The second-order valence-electron chi connectivity index (χ2n) is 3.73. The molecule has 6 heteroatoms. The fourth-order valence-electron chi connectivity index (χ4n) is 1.40. The molecule has 2 aromatic rings. The van der Waals surface area contributed by atoms with Crippen LogP contribution in [0.2, 0.25) is 5.02 Å². The van der Waals surface area contributed by atoms with E-state index in [1.165, 1.54) is 12.1 Å². The molecule has 0 bridgehead atoms. The number of hydrogen-bond acceptors (Lipinski definition) is 4. The fraction of sp³-hybridized carbons (Fsp3) is 0.167. The van der Waals surface area contributed by atoms with E-state index in [1.807, 2.05) is 6.92 Å². The lowest BCUT2D eigenvalue weighted by molar-refractivity contribution is 0.629. The highest BCUT2D eigenvalue weighted by Crippen LogP contribution is 2.23. The minimum atomic E-state index is -0.470. The smallest absolute Gasteiger partial charge is 0.224 e. The van der Waals surface area contributed by atoms with Gasteiger partial charge in [-0.2, -0.15) is 4.98 Å². The Kier molecular flexibility index (Phi) is 3.62. The van der Waals surface area contributed by atoms with Crippen molar-refractivity contribution in [3.8, 4) is 0 Å². The van der Waals surface area contributed by atoms with Crippen LogP contribution in [0.25, 0.3) is 0 Å². The molecular weight excluding hydrogens is 255 g/mol. The number of anilines is 3. The molecule has 1 heterocycles. The molecule has 0 amide bonds. The standard InChI is InChI=1S/C12H12ClFN4/c1-7-6-16-12(15-2)18-11(7)17-8-3-4-9(13)10(14)5-8/h3-6H,1-2H3,(H2,15,16,17,18). The Hall–Kier alpha value is -1.88. The lowest BCUT2D eigenvalue weighted by Crippen LogP contribution is -2.02. The first-order valence-electron chi connectivity index (χ1n) is 5.33. The molecule has 0 aliphatic rings. The number of rotatable bonds is 3. The predicted molar refractivity (Wildman–Crippen MR) is 71.0 cm³/mol. The molecule has 0 saturated carbocycles. The van der Waals surface area contributed by atoms with Gasteiger partial charge in [0.25, 0.3) is 0 Å². The van der Waals surface area contributed by atoms with Gasteiger partial charge in [0, 0.05) is 24.5 Å². The third kappa shape index (κ3) is 2.68. The van der Waals surface area contributed by atoms with E-state index in [0.717, 1.165) is 5.56 Å². The molecule has 0 aliphatic heterocycles. The van der Waals surface area contributed by atoms with Gasteiger partial charge < -0.3 is 10.6 Å². The largest absolute Gasteiger partial charge is 0.357 e. The number of aromatic nitrogens is 2. The first-order valence-corrected chi connectivity index (χ1v) is 5.71. The van der Waals surface area contributed by atoms with Crippen LogP contribution in [-0.4, -0.2) is 17.0 Å². The summed E-state index contributed by atoms with van der Waals surface area (Å²) in [7, 11) is 1.73. The molecule has 1 aromatic carbocycles. The zero-order valence-corrected chi connectivity index (χ0v) is 10.7. The predicted octanol–water partition coefficient (Wildman–Crippen LogP) is 3.36. The fourth-order valence-corrected chi connectivity index (χ4v) is 1.52. The van der Waals surface area contributed by atoms with Crippen molar-refractivity contribution in [3.63, 3.8) is 0 Å². The van der Waals surface area contributed by atoms with Crippen LogP contribution in [0, 0.1) is 12.7 Å². The van der Waals surface area contributed by atoms with Gasteiger partial charge in [-0.15, -0.1) is 0 Å². The van der Waals surface area contributed by atoms with Gasteiger partial charge in [-0.25, -0.2) is 9.37 Å². The van der Waals surface area contributed by atoms with Crippen molar-refractivity contribution in [2.24, 2.45) is 0 Å². The van der Waals surface area contributed by atoms with Crippen molar-refractivity contribution in [2.45, 2.75) is 6.92 Å². The van der Waals surface area contributed by atoms with Gasteiger partial charge in [0.1, 0.15) is 11.6 Å². The highest BCUT2D eigenvalue weighted by atomic mass is 35.5. The zero-order chi connectivity index (χ0) is 13.1. The maximum Gasteiger partial charge on any atom is 0.224 e. The summed E-state index contributed by atoms with van der Waals surface area (Å²) in [6.07, 6.45) is 1.69. The second-order valence-corrected chi connectivity index (χ2v) is 4.14. The van der Waals surface area contributed by atoms with Crippen LogP contribution in [0.15, 0.2) is 24.4 Å². The third-order valence-electron chi connectivity index (χ3n) is 2.38. The summed E-state index contributed by atoms with van der Waals surface area (Å²) in [5, 5.41) is 5.96. The SMILES string of the molecule is CNc1ncc(C)c(Nc2ccc(Cl)c(F)c2)n1. The Balaban J connectivity index is 2.30. The third-order valence-corrected chi connectivity index (χ3v) is 2.68. The number of halogens is 2. The van der Waals surface area contributed by atoms with Gasteiger partial charge in [-0.3, -0.25) is 0 Å². The van der Waals surface area contributed by atoms with E-state index < -0.39 is 5.82 Å². The summed E-state index contributed by atoms with van der Waals surface area (Å²) in [4.78, 5) is 8.32. The van der Waals surface area contributed by atoms with Crippen molar-refractivity contribution in [1.82, 2.24) is 9.97 Å². The van der Waals surface area contributed by atoms with E-state index in [1.54, 1.807) is 19.3 Å². The van der Waals surface area contributed by atoms with Crippen LogP contribution < -0.4 is 10.6 Å². The molecule has 4 nitrogen and oxygen atoms in total. The minimum Gasteiger partial charge on any atom is -0.357 e. The molecule has 2 N–H and O–H groups in total. The highest BCUT2D eigenvalue weighted by molar-refractivity contribution is 6.30. The van der Waals surface area contributed by atoms with Gasteiger partial charge in [0.05, 0.1) is 5.02 Å². The van der Waals surface area contributed by atoms with E-state index in [-0.39, 0.29) is 5.02 Å². The lowest BCUT2D eigenvalue weighted by atomic mass is 10.3. The summed E-state index contributed by atoms with van der Waals surface area (Å²) in [5.41, 5.74) is 1.45. The van der Waals surface area contributed by atoms with Gasteiger partial charge in [0.15, 0.2) is 0 Å². The molecule has 0 spiro atoms. The molecule has 0 fully saturated rings. The van der Waals surface area contributed by atoms with Crippen molar-refractivity contribution in [1.29, 1.82) is 0 Å². The Bertz CT molecular complexity index is 574. The Morgan fingerprint density at radius 1 is 1.33 bits per heavy atom. The van der Waals surface area contributed by atoms with E-state index in [2.05, 4.69) is 20.6 Å². The first-order chi connectivity index (χ1) is 8.60. The molecule has 94 valence electrons. The average molecular weight is 267 g/mol. The van der Waals surface area contributed by atoms with Crippen molar-refractivity contribution in [3.05, 3.63) is 40.8 Å². The quantitative estimate of drug-likeness (QED) is 0.894.